The van der Waals surface area contributed by atoms with E-state index in [0.717, 1.165) is 72.7 Å². The van der Waals surface area contributed by atoms with E-state index in [4.69, 9.17) is 9.47 Å². The fourth-order valence-corrected chi connectivity index (χ4v) is 6.28. The number of rotatable bonds is 4. The summed E-state index contributed by atoms with van der Waals surface area (Å²) in [5.74, 6) is 1.57. The summed E-state index contributed by atoms with van der Waals surface area (Å²) in [6.07, 6.45) is 6.67. The van der Waals surface area contributed by atoms with E-state index in [-0.39, 0.29) is 11.6 Å². The van der Waals surface area contributed by atoms with E-state index in [9.17, 15) is 4.79 Å². The Kier molecular flexibility index (Phi) is 5.60. The van der Waals surface area contributed by atoms with Crippen LogP contribution in [0.1, 0.15) is 29.5 Å². The van der Waals surface area contributed by atoms with Gasteiger partial charge in [0.15, 0.2) is 0 Å². The van der Waals surface area contributed by atoms with Gasteiger partial charge >= 0.3 is 6.03 Å². The van der Waals surface area contributed by atoms with Crippen LogP contribution in [0.25, 0.3) is 10.9 Å². The molecule has 3 aliphatic heterocycles. The number of piperidine rings is 1. The number of amides is 2. The molecule has 1 spiro atoms. The molecule has 3 aromatic rings. The normalized spacial score (nSPS) is 19.2. The lowest BCUT2D eigenvalue weighted by Crippen LogP contribution is -2.52. The molecule has 7 heteroatoms. The number of nitrogens with zero attached hydrogens (tertiary/aromatic N) is 4. The van der Waals surface area contributed by atoms with Crippen molar-refractivity contribution in [2.75, 3.05) is 34.4 Å². The number of pyridine rings is 1. The molecule has 4 heterocycles. The van der Waals surface area contributed by atoms with Crippen molar-refractivity contribution in [2.24, 2.45) is 0 Å². The Morgan fingerprint density at radius 2 is 1.89 bits per heavy atom. The van der Waals surface area contributed by atoms with Crippen LogP contribution in [0.4, 0.5) is 4.79 Å². The van der Waals surface area contributed by atoms with Gasteiger partial charge in [-0.15, -0.1) is 0 Å². The number of ether oxygens (including phenoxy) is 2. The minimum Gasteiger partial charge on any atom is -0.497 e. The lowest BCUT2D eigenvalue weighted by molar-refractivity contribution is 0.100. The number of hydrogen-bond donors (Lipinski definition) is 0. The summed E-state index contributed by atoms with van der Waals surface area (Å²) in [5, 5.41) is 1.22. The number of likely N-dealkylation sites (tertiary alicyclic amines) is 1. The summed E-state index contributed by atoms with van der Waals surface area (Å²) >= 11 is 0. The molecule has 7 nitrogen and oxygen atoms in total. The van der Waals surface area contributed by atoms with Crippen LogP contribution >= 0.6 is 0 Å². The summed E-state index contributed by atoms with van der Waals surface area (Å²) in [5.41, 5.74) is 5.43. The first-order valence-electron chi connectivity index (χ1n) is 12.6. The van der Waals surface area contributed by atoms with Gasteiger partial charge in [-0.25, -0.2) is 4.79 Å². The maximum Gasteiger partial charge on any atom is 0.325 e. The number of fused-ring (bicyclic) bond motifs is 4. The Morgan fingerprint density at radius 3 is 2.67 bits per heavy atom. The van der Waals surface area contributed by atoms with Crippen LogP contribution in [0.2, 0.25) is 0 Å². The highest BCUT2D eigenvalue weighted by atomic mass is 16.5. The van der Waals surface area contributed by atoms with Gasteiger partial charge in [-0.3, -0.25) is 14.8 Å². The third-order valence-electron chi connectivity index (χ3n) is 8.30. The van der Waals surface area contributed by atoms with Gasteiger partial charge in [-0.05, 0) is 48.6 Å². The summed E-state index contributed by atoms with van der Waals surface area (Å²) in [4.78, 5) is 24.5. The van der Waals surface area contributed by atoms with Gasteiger partial charge in [-0.1, -0.05) is 24.3 Å². The number of methoxy groups -OCH3 is 2. The van der Waals surface area contributed by atoms with E-state index in [2.05, 4.69) is 40.2 Å². The zero-order chi connectivity index (χ0) is 24.9. The Labute approximate surface area is 211 Å². The highest BCUT2D eigenvalue weighted by Crippen LogP contribution is 2.46. The lowest BCUT2D eigenvalue weighted by Gasteiger charge is -2.43. The number of allylic oxidation sites excluding steroid dienone is 1. The monoisotopic (exact) mass is 484 g/mol. The standard InChI is InChI=1S/C29H32N4O3/c1-31-28(34)33-19-21-16-22(35-2)17-26(36-3)24(21)9-10-27(33)29(31)11-14-32(15-12-29)18-20-6-4-8-25-23(20)7-5-13-30-25/h4-8,10,13,16-17H,9,11-12,14-15,18-19H2,1-3H3. The number of carbonyl (C=O) groups excluding carboxylic acids is 1. The largest absolute Gasteiger partial charge is 0.497 e. The van der Waals surface area contributed by atoms with Crippen molar-refractivity contribution in [3.63, 3.8) is 0 Å². The van der Waals surface area contributed by atoms with Crippen molar-refractivity contribution in [1.82, 2.24) is 19.7 Å². The molecular formula is C29H32N4O3. The van der Waals surface area contributed by atoms with Crippen LogP contribution in [0.5, 0.6) is 11.5 Å². The van der Waals surface area contributed by atoms with Crippen molar-refractivity contribution in [2.45, 2.75) is 37.9 Å². The second kappa shape index (κ2) is 8.82. The van der Waals surface area contributed by atoms with Crippen LogP contribution in [0, 0.1) is 0 Å². The first-order chi connectivity index (χ1) is 17.5. The molecule has 2 fully saturated rings. The highest BCUT2D eigenvalue weighted by Gasteiger charge is 2.53. The quantitative estimate of drug-likeness (QED) is 0.542. The minimum absolute atomic E-state index is 0.0736. The molecule has 0 atom stereocenters. The molecule has 0 unspecified atom stereocenters. The van der Waals surface area contributed by atoms with Gasteiger partial charge in [0, 0.05) is 55.6 Å². The average molecular weight is 485 g/mol. The van der Waals surface area contributed by atoms with Gasteiger partial charge in [0.2, 0.25) is 0 Å². The van der Waals surface area contributed by atoms with Gasteiger partial charge in [0.1, 0.15) is 11.5 Å². The predicted octanol–water partition coefficient (Wildman–Crippen LogP) is 4.59. The second-order valence-electron chi connectivity index (χ2n) is 9.98. The van der Waals surface area contributed by atoms with Crippen molar-refractivity contribution >= 4 is 16.9 Å². The molecule has 36 heavy (non-hydrogen) atoms. The number of aromatic nitrogens is 1. The molecule has 0 saturated carbocycles. The maximum absolute atomic E-state index is 13.5. The van der Waals surface area contributed by atoms with Crippen LogP contribution in [0.3, 0.4) is 0 Å². The predicted molar refractivity (Wildman–Crippen MR) is 139 cm³/mol. The van der Waals surface area contributed by atoms with Gasteiger partial charge < -0.3 is 14.4 Å². The molecule has 6 rings (SSSR count). The van der Waals surface area contributed by atoms with Gasteiger partial charge in [0.25, 0.3) is 0 Å². The van der Waals surface area contributed by atoms with Crippen molar-refractivity contribution in [1.29, 1.82) is 0 Å². The molecular weight excluding hydrogens is 452 g/mol. The Balaban J connectivity index is 1.26. The fourth-order valence-electron chi connectivity index (χ4n) is 6.28. The zero-order valence-electron chi connectivity index (χ0n) is 21.2. The Bertz CT molecular complexity index is 1350. The van der Waals surface area contributed by atoms with Gasteiger partial charge in [0.05, 0.1) is 31.8 Å². The third-order valence-corrected chi connectivity index (χ3v) is 8.30. The molecule has 0 radical (unpaired) electrons. The van der Waals surface area contributed by atoms with Crippen LogP contribution in [-0.2, 0) is 19.5 Å². The fraction of sp³-hybridized carbons (Fsp3) is 0.379. The Hall–Kier alpha value is -3.58. The lowest BCUT2D eigenvalue weighted by atomic mass is 9.83. The van der Waals surface area contributed by atoms with E-state index in [0.29, 0.717) is 6.54 Å². The van der Waals surface area contributed by atoms with Crippen LogP contribution in [-0.4, -0.2) is 65.6 Å². The number of hydrogen-bond acceptors (Lipinski definition) is 5. The van der Waals surface area contributed by atoms with Gasteiger partial charge in [-0.2, -0.15) is 0 Å². The first kappa shape index (κ1) is 22.9. The van der Waals surface area contributed by atoms with Crippen LogP contribution < -0.4 is 9.47 Å². The third kappa shape index (κ3) is 3.53. The molecule has 0 bridgehead atoms. The molecule has 1 aromatic heterocycles. The Morgan fingerprint density at radius 1 is 1.06 bits per heavy atom. The van der Waals surface area contributed by atoms with E-state index in [1.807, 2.05) is 41.2 Å². The topological polar surface area (TPSA) is 58.1 Å². The van der Waals surface area contributed by atoms with Crippen LogP contribution in [0.15, 0.2) is 60.4 Å². The molecule has 0 N–H and O–H groups in total. The van der Waals surface area contributed by atoms with E-state index in [1.54, 1.807) is 14.2 Å². The van der Waals surface area contributed by atoms with Crippen molar-refractivity contribution in [3.8, 4) is 11.5 Å². The number of urea groups is 1. The molecule has 2 amide bonds. The van der Waals surface area contributed by atoms with E-state index < -0.39 is 0 Å². The van der Waals surface area contributed by atoms with Crippen molar-refractivity contribution < 1.29 is 14.3 Å². The molecule has 0 aliphatic carbocycles. The summed E-state index contributed by atoms with van der Waals surface area (Å²) in [6.45, 7) is 3.29. The number of carbonyl (C=O) groups is 1. The summed E-state index contributed by atoms with van der Waals surface area (Å²) in [6, 6.07) is 14.6. The van der Waals surface area contributed by atoms with E-state index >= 15 is 0 Å². The highest BCUT2D eigenvalue weighted by molar-refractivity contribution is 5.83. The molecule has 2 aromatic carbocycles. The van der Waals surface area contributed by atoms with Crippen molar-refractivity contribution in [3.05, 3.63) is 77.1 Å². The maximum atomic E-state index is 13.5. The summed E-state index contributed by atoms with van der Waals surface area (Å²) in [7, 11) is 5.32. The average Bonchev–Trinajstić information content (AvgIpc) is 3.04. The number of benzene rings is 2. The zero-order valence-corrected chi connectivity index (χ0v) is 21.2. The smallest absolute Gasteiger partial charge is 0.325 e. The minimum atomic E-state index is -0.271. The van der Waals surface area contributed by atoms with E-state index in [1.165, 1.54) is 10.9 Å². The summed E-state index contributed by atoms with van der Waals surface area (Å²) < 4.78 is 11.2. The molecule has 2 saturated heterocycles. The molecule has 186 valence electrons. The SMILES string of the molecule is COc1cc2c(c(OC)c1)CC=C1N(C2)C(=O)N(C)C12CCN(Cc1cccc3ncccc13)CC2. The molecule has 3 aliphatic rings. The number of likely N-dealkylation sites (N-methyl/N-ethyl adjacent to an activating group) is 1. The second-order valence-corrected chi connectivity index (χ2v) is 9.98. The first-order valence-corrected chi connectivity index (χ1v) is 12.6.